The second-order valence-corrected chi connectivity index (χ2v) is 7.51. The highest BCUT2D eigenvalue weighted by Gasteiger charge is 2.28. The van der Waals surface area contributed by atoms with Gasteiger partial charge in [0.05, 0.1) is 11.5 Å². The first-order valence-electron chi connectivity index (χ1n) is 5.57. The van der Waals surface area contributed by atoms with Crippen LogP contribution in [0.25, 0.3) is 0 Å². The summed E-state index contributed by atoms with van der Waals surface area (Å²) >= 11 is 1.63. The van der Waals surface area contributed by atoms with Crippen molar-refractivity contribution in [2.24, 2.45) is 0 Å². The fraction of sp³-hybridized carbons (Fsp3) is 0.545. The second-order valence-electron chi connectivity index (χ2n) is 4.25. The molecule has 0 spiro atoms. The first kappa shape index (κ1) is 12.6. The van der Waals surface area contributed by atoms with Gasteiger partial charge in [-0.05, 0) is 24.3 Å². The molecule has 1 amide bonds. The third-order valence-corrected chi connectivity index (χ3v) is 5.48. The van der Waals surface area contributed by atoms with Gasteiger partial charge in [0.1, 0.15) is 0 Å². The number of nitrogens with one attached hydrogen (secondary N) is 1. The van der Waals surface area contributed by atoms with Crippen molar-refractivity contribution in [2.45, 2.75) is 25.3 Å². The molecule has 1 atom stereocenters. The van der Waals surface area contributed by atoms with Crippen molar-refractivity contribution < 1.29 is 13.2 Å². The van der Waals surface area contributed by atoms with Gasteiger partial charge in [0, 0.05) is 17.3 Å². The van der Waals surface area contributed by atoms with Crippen LogP contribution in [0.1, 0.15) is 17.7 Å². The minimum atomic E-state index is -2.91. The lowest BCUT2D eigenvalue weighted by Gasteiger charge is -2.10. The number of hydrogen-bond donors (Lipinski definition) is 1. The van der Waals surface area contributed by atoms with E-state index in [4.69, 9.17) is 0 Å². The van der Waals surface area contributed by atoms with E-state index in [0.717, 1.165) is 6.42 Å². The molecule has 1 fully saturated rings. The van der Waals surface area contributed by atoms with Gasteiger partial charge in [-0.3, -0.25) is 4.79 Å². The number of thiophene rings is 1. The number of sulfone groups is 1. The van der Waals surface area contributed by atoms with E-state index in [1.807, 2.05) is 17.5 Å². The van der Waals surface area contributed by atoms with Crippen LogP contribution in [0.15, 0.2) is 17.5 Å². The van der Waals surface area contributed by atoms with Crippen LogP contribution in [0.2, 0.25) is 0 Å². The normalized spacial score (nSPS) is 22.5. The zero-order valence-electron chi connectivity index (χ0n) is 9.39. The lowest BCUT2D eigenvalue weighted by molar-refractivity contribution is -0.121. The molecular weight excluding hydrogens is 258 g/mol. The molecule has 2 rings (SSSR count). The standard InChI is InChI=1S/C11H15NO3S2/c13-11(4-3-10-2-1-6-16-10)12-9-5-7-17(14,15)8-9/h1-2,6,9H,3-5,7-8H2,(H,12,13). The first-order chi connectivity index (χ1) is 8.05. The van der Waals surface area contributed by atoms with Gasteiger partial charge in [0.2, 0.25) is 5.91 Å². The van der Waals surface area contributed by atoms with Crippen molar-refractivity contribution in [2.75, 3.05) is 11.5 Å². The third kappa shape index (κ3) is 3.81. The van der Waals surface area contributed by atoms with Crippen LogP contribution in [0.5, 0.6) is 0 Å². The SMILES string of the molecule is O=C(CCc1cccs1)NC1CCS(=O)(=O)C1. The van der Waals surface area contributed by atoms with E-state index in [9.17, 15) is 13.2 Å². The monoisotopic (exact) mass is 273 g/mol. The van der Waals surface area contributed by atoms with Crippen LogP contribution >= 0.6 is 11.3 Å². The Morgan fingerprint density at radius 3 is 2.94 bits per heavy atom. The molecule has 2 heterocycles. The Morgan fingerprint density at radius 1 is 1.53 bits per heavy atom. The number of carbonyl (C=O) groups excluding carboxylic acids is 1. The Labute approximate surface area is 105 Å². The van der Waals surface area contributed by atoms with E-state index < -0.39 is 9.84 Å². The van der Waals surface area contributed by atoms with Gasteiger partial charge in [-0.25, -0.2) is 8.42 Å². The Kier molecular flexibility index (Phi) is 3.83. The zero-order chi connectivity index (χ0) is 12.3. The van der Waals surface area contributed by atoms with Gasteiger partial charge < -0.3 is 5.32 Å². The smallest absolute Gasteiger partial charge is 0.220 e. The highest BCUT2D eigenvalue weighted by Crippen LogP contribution is 2.13. The predicted molar refractivity (Wildman–Crippen MR) is 67.8 cm³/mol. The Balaban J connectivity index is 1.75. The third-order valence-electron chi connectivity index (χ3n) is 2.78. The Hall–Kier alpha value is -0.880. The summed E-state index contributed by atoms with van der Waals surface area (Å²) in [5, 5.41) is 4.77. The number of aryl methyl sites for hydroxylation is 1. The van der Waals surface area contributed by atoms with Gasteiger partial charge in [-0.1, -0.05) is 6.07 Å². The maximum Gasteiger partial charge on any atom is 0.220 e. The average Bonchev–Trinajstić information content (AvgIpc) is 2.85. The number of rotatable bonds is 4. The van der Waals surface area contributed by atoms with Crippen LogP contribution in [0.3, 0.4) is 0 Å². The summed E-state index contributed by atoms with van der Waals surface area (Å²) in [6, 6.07) is 3.77. The van der Waals surface area contributed by atoms with E-state index in [1.54, 1.807) is 11.3 Å². The largest absolute Gasteiger partial charge is 0.352 e. The molecule has 1 aromatic rings. The lowest BCUT2D eigenvalue weighted by atomic mass is 10.2. The summed E-state index contributed by atoms with van der Waals surface area (Å²) in [5.41, 5.74) is 0. The van der Waals surface area contributed by atoms with Gasteiger partial charge in [0.15, 0.2) is 9.84 Å². The summed E-state index contributed by atoms with van der Waals surface area (Å²) in [7, 11) is -2.91. The van der Waals surface area contributed by atoms with Gasteiger partial charge >= 0.3 is 0 Å². The molecular formula is C11H15NO3S2. The fourth-order valence-electron chi connectivity index (χ4n) is 1.90. The van der Waals surface area contributed by atoms with E-state index in [1.165, 1.54) is 4.88 Å². The number of amides is 1. The molecule has 0 saturated carbocycles. The van der Waals surface area contributed by atoms with Gasteiger partial charge in [-0.2, -0.15) is 0 Å². The molecule has 94 valence electrons. The van der Waals surface area contributed by atoms with Crippen LogP contribution in [-0.4, -0.2) is 31.9 Å². The molecule has 0 aliphatic carbocycles. The highest BCUT2D eigenvalue weighted by atomic mass is 32.2. The van der Waals surface area contributed by atoms with E-state index in [2.05, 4.69) is 5.32 Å². The molecule has 1 saturated heterocycles. The zero-order valence-corrected chi connectivity index (χ0v) is 11.0. The molecule has 0 aromatic carbocycles. The summed E-state index contributed by atoms with van der Waals surface area (Å²) in [5.74, 6) is 0.237. The van der Waals surface area contributed by atoms with Crippen molar-refractivity contribution in [3.05, 3.63) is 22.4 Å². The molecule has 4 nitrogen and oxygen atoms in total. The van der Waals surface area contributed by atoms with Gasteiger partial charge in [0.25, 0.3) is 0 Å². The second kappa shape index (κ2) is 5.18. The average molecular weight is 273 g/mol. The molecule has 17 heavy (non-hydrogen) atoms. The predicted octanol–water partition coefficient (Wildman–Crippen LogP) is 0.984. The Bertz CT molecular complexity index is 479. The maximum atomic E-state index is 11.6. The quantitative estimate of drug-likeness (QED) is 0.889. The van der Waals surface area contributed by atoms with Crippen molar-refractivity contribution in [3.63, 3.8) is 0 Å². The molecule has 1 N–H and O–H groups in total. The molecule has 1 aliphatic heterocycles. The summed E-state index contributed by atoms with van der Waals surface area (Å²) in [6.45, 7) is 0. The first-order valence-corrected chi connectivity index (χ1v) is 8.27. The maximum absolute atomic E-state index is 11.6. The fourth-order valence-corrected chi connectivity index (χ4v) is 4.28. The molecule has 6 heteroatoms. The lowest BCUT2D eigenvalue weighted by Crippen LogP contribution is -2.35. The number of hydrogen-bond acceptors (Lipinski definition) is 4. The van der Waals surface area contributed by atoms with Crippen LogP contribution < -0.4 is 5.32 Å². The molecule has 0 radical (unpaired) electrons. The van der Waals surface area contributed by atoms with Crippen LogP contribution in [0.4, 0.5) is 0 Å². The molecule has 1 aliphatic rings. The molecule has 0 bridgehead atoms. The van der Waals surface area contributed by atoms with E-state index in [-0.39, 0.29) is 23.5 Å². The summed E-state index contributed by atoms with van der Waals surface area (Å²) in [6.07, 6.45) is 1.70. The summed E-state index contributed by atoms with van der Waals surface area (Å²) < 4.78 is 22.4. The summed E-state index contributed by atoms with van der Waals surface area (Å²) in [4.78, 5) is 12.8. The van der Waals surface area contributed by atoms with Crippen molar-refractivity contribution in [1.82, 2.24) is 5.32 Å². The highest BCUT2D eigenvalue weighted by molar-refractivity contribution is 7.91. The van der Waals surface area contributed by atoms with Crippen LogP contribution in [-0.2, 0) is 21.1 Å². The van der Waals surface area contributed by atoms with Crippen molar-refractivity contribution in [3.8, 4) is 0 Å². The molecule has 1 aromatic heterocycles. The topological polar surface area (TPSA) is 63.2 Å². The van der Waals surface area contributed by atoms with Crippen LogP contribution in [0, 0.1) is 0 Å². The van der Waals surface area contributed by atoms with Crippen molar-refractivity contribution >= 4 is 27.1 Å². The Morgan fingerprint density at radius 2 is 2.35 bits per heavy atom. The van der Waals surface area contributed by atoms with E-state index in [0.29, 0.717) is 12.8 Å². The minimum absolute atomic E-state index is 0.0551. The van der Waals surface area contributed by atoms with E-state index >= 15 is 0 Å². The minimum Gasteiger partial charge on any atom is -0.352 e. The number of carbonyl (C=O) groups is 1. The van der Waals surface area contributed by atoms with Crippen molar-refractivity contribution in [1.29, 1.82) is 0 Å². The molecule has 1 unspecified atom stereocenters. The van der Waals surface area contributed by atoms with Gasteiger partial charge in [-0.15, -0.1) is 11.3 Å².